The summed E-state index contributed by atoms with van der Waals surface area (Å²) in [5, 5.41) is 14.1. The lowest BCUT2D eigenvalue weighted by molar-refractivity contribution is -0.383. The van der Waals surface area contributed by atoms with Crippen LogP contribution in [-0.2, 0) is 6.42 Å². The Hall–Kier alpha value is -3.67. The van der Waals surface area contributed by atoms with Gasteiger partial charge < -0.3 is 9.88 Å². The van der Waals surface area contributed by atoms with Crippen LogP contribution in [0.4, 0.5) is 11.4 Å². The van der Waals surface area contributed by atoms with Crippen LogP contribution in [0.5, 0.6) is 0 Å². The Labute approximate surface area is 174 Å². The fraction of sp³-hybridized carbons (Fsp3) is 0.208. The van der Waals surface area contributed by atoms with Crippen LogP contribution in [0.15, 0.2) is 61.1 Å². The molecular weight excluding hydrogens is 376 g/mol. The predicted molar refractivity (Wildman–Crippen MR) is 121 cm³/mol. The zero-order valence-corrected chi connectivity index (χ0v) is 16.8. The number of pyridine rings is 1. The van der Waals surface area contributed by atoms with E-state index in [1.807, 2.05) is 12.1 Å². The lowest BCUT2D eigenvalue weighted by Crippen LogP contribution is -2.28. The topological polar surface area (TPSA) is 75.1 Å². The number of hydrogen-bond acceptors (Lipinski definition) is 4. The summed E-state index contributed by atoms with van der Waals surface area (Å²) in [4.78, 5) is 20.9. The number of H-pyrrole nitrogens is 1. The summed E-state index contributed by atoms with van der Waals surface area (Å²) in [7, 11) is 0. The van der Waals surface area contributed by atoms with Gasteiger partial charge in [0.05, 0.1) is 10.3 Å². The smallest absolute Gasteiger partial charge is 0.278 e. The molecule has 0 radical (unpaired) electrons. The highest BCUT2D eigenvalue weighted by Crippen LogP contribution is 2.36. The van der Waals surface area contributed by atoms with E-state index in [9.17, 15) is 10.1 Å². The standard InChI is InChI=1S/C24H22N4O2/c1-2-16-4-3-5-19-20(15-26-24(16)19)17-9-12-27(13-10-17)22-6-7-23(28(29)30)21-14-25-11-8-18(21)22/h3-9,11,14-15,26H,2,10,12-13H2,1H3. The molecule has 0 spiro atoms. The third-order valence-corrected chi connectivity index (χ3v) is 6.05. The maximum Gasteiger partial charge on any atom is 0.278 e. The van der Waals surface area contributed by atoms with Gasteiger partial charge in [0.1, 0.15) is 0 Å². The van der Waals surface area contributed by atoms with E-state index in [-0.39, 0.29) is 10.6 Å². The highest BCUT2D eigenvalue weighted by atomic mass is 16.6. The van der Waals surface area contributed by atoms with Crippen molar-refractivity contribution in [2.75, 3.05) is 18.0 Å². The van der Waals surface area contributed by atoms with E-state index < -0.39 is 0 Å². The van der Waals surface area contributed by atoms with Gasteiger partial charge in [-0.05, 0) is 36.1 Å². The van der Waals surface area contributed by atoms with Gasteiger partial charge in [0.25, 0.3) is 5.69 Å². The summed E-state index contributed by atoms with van der Waals surface area (Å²) in [5.41, 5.74) is 6.30. The third kappa shape index (κ3) is 2.92. The van der Waals surface area contributed by atoms with E-state index in [1.165, 1.54) is 27.6 Å². The maximum absolute atomic E-state index is 11.4. The van der Waals surface area contributed by atoms with Gasteiger partial charge >= 0.3 is 0 Å². The monoisotopic (exact) mass is 398 g/mol. The van der Waals surface area contributed by atoms with Crippen molar-refractivity contribution >= 4 is 38.6 Å². The van der Waals surface area contributed by atoms with E-state index in [4.69, 9.17) is 0 Å². The number of nitrogens with one attached hydrogen (secondary N) is 1. The number of aryl methyl sites for hydroxylation is 1. The Kier molecular flexibility index (Phi) is 4.47. The molecule has 1 aliphatic rings. The molecule has 6 heteroatoms. The van der Waals surface area contributed by atoms with Gasteiger partial charge in [-0.2, -0.15) is 0 Å². The molecule has 0 saturated carbocycles. The van der Waals surface area contributed by atoms with Crippen molar-refractivity contribution < 1.29 is 4.92 Å². The highest BCUT2D eigenvalue weighted by molar-refractivity contribution is 6.00. The number of para-hydroxylation sites is 1. The molecular formula is C24H22N4O2. The fourth-order valence-electron chi connectivity index (χ4n) is 4.50. The Morgan fingerprint density at radius 1 is 1.17 bits per heavy atom. The Balaban J connectivity index is 1.49. The van der Waals surface area contributed by atoms with Crippen LogP contribution >= 0.6 is 0 Å². The lowest BCUT2D eigenvalue weighted by Gasteiger charge is -2.29. The summed E-state index contributed by atoms with van der Waals surface area (Å²) >= 11 is 0. The first kappa shape index (κ1) is 18.4. The van der Waals surface area contributed by atoms with Crippen molar-refractivity contribution in [3.8, 4) is 0 Å². The minimum atomic E-state index is -0.344. The number of rotatable bonds is 4. The van der Waals surface area contributed by atoms with Crippen LogP contribution in [0.3, 0.4) is 0 Å². The minimum absolute atomic E-state index is 0.0978. The normalized spacial score (nSPS) is 14.3. The average Bonchev–Trinajstić information content (AvgIpc) is 3.22. The van der Waals surface area contributed by atoms with Crippen LogP contribution in [0.1, 0.15) is 24.5 Å². The molecule has 3 heterocycles. The minimum Gasteiger partial charge on any atom is -0.367 e. The molecule has 0 atom stereocenters. The Morgan fingerprint density at radius 2 is 2.07 bits per heavy atom. The molecule has 5 rings (SSSR count). The molecule has 30 heavy (non-hydrogen) atoms. The number of nitrogens with zero attached hydrogens (tertiary/aromatic N) is 3. The highest BCUT2D eigenvalue weighted by Gasteiger charge is 2.21. The van der Waals surface area contributed by atoms with E-state index in [2.05, 4.69) is 52.3 Å². The van der Waals surface area contributed by atoms with Gasteiger partial charge in [0, 0.05) is 65.3 Å². The number of hydrogen-bond donors (Lipinski definition) is 1. The molecule has 6 nitrogen and oxygen atoms in total. The number of fused-ring (bicyclic) bond motifs is 2. The molecule has 1 aliphatic heterocycles. The Bertz CT molecular complexity index is 1310. The molecule has 0 amide bonds. The van der Waals surface area contributed by atoms with Crippen molar-refractivity contribution in [1.82, 2.24) is 9.97 Å². The van der Waals surface area contributed by atoms with E-state index in [0.29, 0.717) is 5.39 Å². The SMILES string of the molecule is CCc1cccc2c(C3=CCN(c4ccc([N+](=O)[O-])c5cnccc45)CC3)c[nH]c12. The van der Waals surface area contributed by atoms with E-state index in [1.54, 1.807) is 18.5 Å². The molecule has 2 aromatic heterocycles. The first-order valence-corrected chi connectivity index (χ1v) is 10.2. The summed E-state index contributed by atoms with van der Waals surface area (Å²) < 4.78 is 0. The second kappa shape index (κ2) is 7.30. The molecule has 1 N–H and O–H groups in total. The molecule has 0 aliphatic carbocycles. The van der Waals surface area contributed by atoms with Crippen LogP contribution < -0.4 is 4.90 Å². The maximum atomic E-state index is 11.4. The summed E-state index contributed by atoms with van der Waals surface area (Å²) in [6.45, 7) is 3.81. The van der Waals surface area contributed by atoms with Crippen molar-refractivity contribution in [1.29, 1.82) is 0 Å². The molecule has 0 bridgehead atoms. The summed E-state index contributed by atoms with van der Waals surface area (Å²) in [5.74, 6) is 0. The number of benzene rings is 2. The van der Waals surface area contributed by atoms with Gasteiger partial charge in [-0.25, -0.2) is 0 Å². The predicted octanol–water partition coefficient (Wildman–Crippen LogP) is 5.48. The first-order chi connectivity index (χ1) is 14.7. The van der Waals surface area contributed by atoms with Crippen LogP contribution in [-0.4, -0.2) is 28.0 Å². The van der Waals surface area contributed by atoms with Crippen LogP contribution in [0, 0.1) is 10.1 Å². The summed E-state index contributed by atoms with van der Waals surface area (Å²) in [6.07, 6.45) is 9.61. The van der Waals surface area contributed by atoms with Gasteiger partial charge in [-0.15, -0.1) is 0 Å². The fourth-order valence-corrected chi connectivity index (χ4v) is 4.50. The zero-order valence-electron chi connectivity index (χ0n) is 16.8. The second-order valence-corrected chi connectivity index (χ2v) is 7.60. The molecule has 150 valence electrons. The van der Waals surface area contributed by atoms with E-state index in [0.717, 1.165) is 37.0 Å². The Morgan fingerprint density at radius 3 is 2.83 bits per heavy atom. The molecule has 0 saturated heterocycles. The van der Waals surface area contributed by atoms with Gasteiger partial charge in [0.15, 0.2) is 0 Å². The van der Waals surface area contributed by atoms with E-state index >= 15 is 0 Å². The average molecular weight is 398 g/mol. The largest absolute Gasteiger partial charge is 0.367 e. The molecule has 2 aromatic carbocycles. The molecule has 4 aromatic rings. The van der Waals surface area contributed by atoms with Crippen molar-refractivity contribution in [2.24, 2.45) is 0 Å². The second-order valence-electron chi connectivity index (χ2n) is 7.60. The van der Waals surface area contributed by atoms with Gasteiger partial charge in [-0.3, -0.25) is 15.1 Å². The molecule has 0 fully saturated rings. The number of nitro benzene ring substituents is 1. The van der Waals surface area contributed by atoms with Crippen LogP contribution in [0.25, 0.3) is 27.2 Å². The zero-order chi connectivity index (χ0) is 20.7. The molecule has 0 unspecified atom stereocenters. The van der Waals surface area contributed by atoms with Crippen molar-refractivity contribution in [3.63, 3.8) is 0 Å². The van der Waals surface area contributed by atoms with Crippen molar-refractivity contribution in [2.45, 2.75) is 19.8 Å². The number of aromatic nitrogens is 2. The van der Waals surface area contributed by atoms with Crippen molar-refractivity contribution in [3.05, 3.63) is 82.3 Å². The lowest BCUT2D eigenvalue weighted by atomic mass is 9.97. The van der Waals surface area contributed by atoms with Crippen LogP contribution in [0.2, 0.25) is 0 Å². The number of nitro groups is 1. The van der Waals surface area contributed by atoms with Gasteiger partial charge in [-0.1, -0.05) is 31.2 Å². The van der Waals surface area contributed by atoms with Gasteiger partial charge in [0.2, 0.25) is 0 Å². The number of aromatic amines is 1. The quantitative estimate of drug-likeness (QED) is 0.365. The third-order valence-electron chi connectivity index (χ3n) is 6.05. The summed E-state index contributed by atoms with van der Waals surface area (Å²) in [6, 6.07) is 11.8. The first-order valence-electron chi connectivity index (χ1n) is 10.2. The number of anilines is 1. The number of non-ortho nitro benzene ring substituents is 1.